The Bertz CT molecular complexity index is 332. The van der Waals surface area contributed by atoms with E-state index in [0.29, 0.717) is 17.5 Å². The molecule has 0 aromatic heterocycles. The molecule has 0 spiro atoms. The first-order valence-electron chi connectivity index (χ1n) is 5.57. The molecule has 0 aliphatic carbocycles. The van der Waals surface area contributed by atoms with Crippen LogP contribution in [-0.2, 0) is 6.42 Å². The lowest BCUT2D eigenvalue weighted by molar-refractivity contribution is 0.459. The van der Waals surface area contributed by atoms with E-state index < -0.39 is 0 Å². The maximum absolute atomic E-state index is 13.6. The van der Waals surface area contributed by atoms with E-state index in [1.54, 1.807) is 6.07 Å². The smallest absolute Gasteiger partial charge is 0.126 e. The molecule has 0 atom stereocenters. The Morgan fingerprint density at radius 3 is 2.53 bits per heavy atom. The maximum Gasteiger partial charge on any atom is 0.126 e. The second-order valence-electron chi connectivity index (χ2n) is 4.26. The summed E-state index contributed by atoms with van der Waals surface area (Å²) in [4.78, 5) is 0. The fourth-order valence-electron chi connectivity index (χ4n) is 1.64. The highest BCUT2D eigenvalue weighted by Crippen LogP contribution is 2.28. The van der Waals surface area contributed by atoms with Crippen molar-refractivity contribution in [1.29, 1.82) is 0 Å². The van der Waals surface area contributed by atoms with Crippen LogP contribution in [0, 0.1) is 5.82 Å². The van der Waals surface area contributed by atoms with E-state index in [1.165, 1.54) is 6.07 Å². The number of unbranched alkanes of at least 4 members (excludes halogenated alkanes) is 1. The van der Waals surface area contributed by atoms with Gasteiger partial charge >= 0.3 is 0 Å². The van der Waals surface area contributed by atoms with Crippen molar-refractivity contribution in [3.05, 3.63) is 29.1 Å². The van der Waals surface area contributed by atoms with E-state index in [2.05, 4.69) is 6.92 Å². The van der Waals surface area contributed by atoms with Gasteiger partial charge < -0.3 is 5.11 Å². The molecule has 0 radical (unpaired) electrons. The molecule has 1 aromatic rings. The van der Waals surface area contributed by atoms with Gasteiger partial charge in [-0.2, -0.15) is 0 Å². The van der Waals surface area contributed by atoms with Crippen LogP contribution < -0.4 is 0 Å². The van der Waals surface area contributed by atoms with Gasteiger partial charge in [-0.05, 0) is 42.0 Å². The molecular formula is C13H19FO. The number of benzene rings is 1. The minimum Gasteiger partial charge on any atom is -0.508 e. The Morgan fingerprint density at radius 2 is 2.00 bits per heavy atom. The topological polar surface area (TPSA) is 20.2 Å². The van der Waals surface area contributed by atoms with Crippen molar-refractivity contribution >= 4 is 0 Å². The van der Waals surface area contributed by atoms with Crippen LogP contribution in [0.4, 0.5) is 4.39 Å². The van der Waals surface area contributed by atoms with Crippen molar-refractivity contribution < 1.29 is 9.50 Å². The zero-order valence-electron chi connectivity index (χ0n) is 9.68. The Hall–Kier alpha value is -1.05. The number of phenols is 1. The van der Waals surface area contributed by atoms with Crippen LogP contribution in [0.3, 0.4) is 0 Å². The molecule has 0 aliphatic heterocycles. The molecule has 15 heavy (non-hydrogen) atoms. The number of phenolic OH excluding ortho intramolecular Hbond substituents is 1. The zero-order valence-corrected chi connectivity index (χ0v) is 9.68. The van der Waals surface area contributed by atoms with Gasteiger partial charge in [0.15, 0.2) is 0 Å². The van der Waals surface area contributed by atoms with Gasteiger partial charge in [-0.15, -0.1) is 0 Å². The highest BCUT2D eigenvalue weighted by atomic mass is 19.1. The summed E-state index contributed by atoms with van der Waals surface area (Å²) >= 11 is 0. The Labute approximate surface area is 90.9 Å². The molecule has 0 amide bonds. The highest BCUT2D eigenvalue weighted by molar-refractivity contribution is 5.39. The molecular weight excluding hydrogens is 191 g/mol. The van der Waals surface area contributed by atoms with Gasteiger partial charge in [0.2, 0.25) is 0 Å². The average Bonchev–Trinajstić information content (AvgIpc) is 2.18. The third-order valence-electron chi connectivity index (χ3n) is 2.62. The summed E-state index contributed by atoms with van der Waals surface area (Å²) < 4.78 is 13.6. The summed E-state index contributed by atoms with van der Waals surface area (Å²) in [5, 5.41) is 9.72. The van der Waals surface area contributed by atoms with E-state index in [9.17, 15) is 9.50 Å². The number of aryl methyl sites for hydroxylation is 1. The molecule has 0 saturated heterocycles. The number of hydrogen-bond acceptors (Lipinski definition) is 1. The van der Waals surface area contributed by atoms with Crippen molar-refractivity contribution in [2.75, 3.05) is 0 Å². The number of aromatic hydroxyl groups is 1. The predicted molar refractivity (Wildman–Crippen MR) is 60.8 cm³/mol. The highest BCUT2D eigenvalue weighted by Gasteiger charge is 2.11. The summed E-state index contributed by atoms with van der Waals surface area (Å²) in [7, 11) is 0. The molecule has 0 aliphatic rings. The average molecular weight is 210 g/mol. The Morgan fingerprint density at radius 1 is 1.33 bits per heavy atom. The fourth-order valence-corrected chi connectivity index (χ4v) is 1.64. The lowest BCUT2D eigenvalue weighted by Gasteiger charge is -2.11. The van der Waals surface area contributed by atoms with Crippen LogP contribution in [0.1, 0.15) is 50.7 Å². The van der Waals surface area contributed by atoms with Crippen LogP contribution in [-0.4, -0.2) is 5.11 Å². The molecule has 0 heterocycles. The van der Waals surface area contributed by atoms with E-state index in [4.69, 9.17) is 0 Å². The molecule has 1 nitrogen and oxygen atoms in total. The Balaban J connectivity index is 2.97. The molecule has 0 fully saturated rings. The molecule has 0 unspecified atom stereocenters. The number of hydrogen-bond donors (Lipinski definition) is 1. The molecule has 0 saturated carbocycles. The van der Waals surface area contributed by atoms with E-state index in [0.717, 1.165) is 12.8 Å². The van der Waals surface area contributed by atoms with Gasteiger partial charge in [0.25, 0.3) is 0 Å². The van der Waals surface area contributed by atoms with Crippen molar-refractivity contribution in [3.63, 3.8) is 0 Å². The number of halogens is 1. The second-order valence-corrected chi connectivity index (χ2v) is 4.26. The minimum atomic E-state index is -0.190. The van der Waals surface area contributed by atoms with E-state index in [-0.39, 0.29) is 17.5 Å². The van der Waals surface area contributed by atoms with Crippen LogP contribution in [0.15, 0.2) is 12.1 Å². The first-order chi connectivity index (χ1) is 7.06. The van der Waals surface area contributed by atoms with Crippen molar-refractivity contribution in [1.82, 2.24) is 0 Å². The quantitative estimate of drug-likeness (QED) is 0.796. The van der Waals surface area contributed by atoms with Crippen molar-refractivity contribution in [2.24, 2.45) is 0 Å². The maximum atomic E-state index is 13.6. The lowest BCUT2D eigenvalue weighted by Crippen LogP contribution is -1.96. The van der Waals surface area contributed by atoms with Gasteiger partial charge in [-0.25, -0.2) is 4.39 Å². The zero-order chi connectivity index (χ0) is 11.4. The number of rotatable bonds is 4. The van der Waals surface area contributed by atoms with Gasteiger partial charge in [0.05, 0.1) is 0 Å². The van der Waals surface area contributed by atoms with E-state index >= 15 is 0 Å². The standard InChI is InChI=1S/C13H19FO/c1-4-5-6-10-7-13(15)11(9(2)3)8-12(10)14/h7-9,15H,4-6H2,1-3H3. The van der Waals surface area contributed by atoms with Crippen LogP contribution in [0.5, 0.6) is 5.75 Å². The van der Waals surface area contributed by atoms with Crippen LogP contribution in [0.2, 0.25) is 0 Å². The normalized spacial score (nSPS) is 11.0. The molecule has 1 aromatic carbocycles. The van der Waals surface area contributed by atoms with Gasteiger partial charge in [0, 0.05) is 0 Å². The molecule has 1 rings (SSSR count). The monoisotopic (exact) mass is 210 g/mol. The van der Waals surface area contributed by atoms with Crippen LogP contribution in [0.25, 0.3) is 0 Å². The molecule has 2 heteroatoms. The van der Waals surface area contributed by atoms with Gasteiger partial charge in [-0.1, -0.05) is 27.2 Å². The largest absolute Gasteiger partial charge is 0.508 e. The summed E-state index contributed by atoms with van der Waals surface area (Å²) in [6, 6.07) is 3.03. The first kappa shape index (κ1) is 12.0. The fraction of sp³-hybridized carbons (Fsp3) is 0.538. The van der Waals surface area contributed by atoms with Crippen LogP contribution >= 0.6 is 0 Å². The first-order valence-corrected chi connectivity index (χ1v) is 5.57. The van der Waals surface area contributed by atoms with E-state index in [1.807, 2.05) is 13.8 Å². The molecule has 84 valence electrons. The third-order valence-corrected chi connectivity index (χ3v) is 2.62. The van der Waals surface area contributed by atoms with Gasteiger partial charge in [0.1, 0.15) is 11.6 Å². The summed E-state index contributed by atoms with van der Waals surface area (Å²) in [5.74, 6) is 0.183. The molecule has 1 N–H and O–H groups in total. The van der Waals surface area contributed by atoms with Crippen molar-refractivity contribution in [2.45, 2.75) is 46.0 Å². The summed E-state index contributed by atoms with van der Waals surface area (Å²) in [5.41, 5.74) is 1.31. The second kappa shape index (κ2) is 5.15. The van der Waals surface area contributed by atoms with Crippen molar-refractivity contribution in [3.8, 4) is 5.75 Å². The summed E-state index contributed by atoms with van der Waals surface area (Å²) in [6.45, 7) is 5.96. The minimum absolute atomic E-state index is 0.153. The molecule has 0 bridgehead atoms. The summed E-state index contributed by atoms with van der Waals surface area (Å²) in [6.07, 6.45) is 2.69. The predicted octanol–water partition coefficient (Wildman–Crippen LogP) is 4.00. The third kappa shape index (κ3) is 2.95. The SMILES string of the molecule is CCCCc1cc(O)c(C(C)C)cc1F. The Kier molecular flexibility index (Phi) is 4.13. The van der Waals surface area contributed by atoms with Gasteiger partial charge in [-0.3, -0.25) is 0 Å². The lowest BCUT2D eigenvalue weighted by atomic mass is 9.98.